The molecule has 3 rings (SSSR count). The van der Waals surface area contributed by atoms with Crippen LogP contribution >= 0.6 is 0 Å². The molecule has 2 aromatic rings. The zero-order chi connectivity index (χ0) is 13.2. The summed E-state index contributed by atoms with van der Waals surface area (Å²) < 4.78 is 11.0. The number of benzene rings is 1. The summed E-state index contributed by atoms with van der Waals surface area (Å²) >= 11 is 0. The quantitative estimate of drug-likeness (QED) is 0.885. The Morgan fingerprint density at radius 1 is 1.11 bits per heavy atom. The summed E-state index contributed by atoms with van der Waals surface area (Å²) in [6.45, 7) is 3.05. The standard InChI is InChI=1S/C14H15N3O2/c1-9-7-17-11(8-16-9)14(15)10-2-3-12-13(6-10)19-5-4-18-12/h2-3,6-8,14H,4-5,15H2,1H3. The molecule has 1 aliphatic rings. The Bertz CT molecular complexity index is 584. The van der Waals surface area contributed by atoms with E-state index in [1.54, 1.807) is 12.4 Å². The number of rotatable bonds is 2. The minimum Gasteiger partial charge on any atom is -0.486 e. The second kappa shape index (κ2) is 4.85. The van der Waals surface area contributed by atoms with E-state index in [9.17, 15) is 0 Å². The molecular formula is C14H15N3O2. The molecule has 0 fully saturated rings. The van der Waals surface area contributed by atoms with Crippen LogP contribution < -0.4 is 15.2 Å². The highest BCUT2D eigenvalue weighted by Crippen LogP contribution is 2.33. The molecule has 0 bridgehead atoms. The average Bonchev–Trinajstić information content (AvgIpc) is 2.47. The zero-order valence-electron chi connectivity index (χ0n) is 10.7. The van der Waals surface area contributed by atoms with E-state index in [0.717, 1.165) is 28.5 Å². The molecule has 1 aromatic heterocycles. The zero-order valence-corrected chi connectivity index (χ0v) is 10.7. The molecule has 0 amide bonds. The van der Waals surface area contributed by atoms with E-state index < -0.39 is 0 Å². The predicted molar refractivity (Wildman–Crippen MR) is 70.2 cm³/mol. The summed E-state index contributed by atoms with van der Waals surface area (Å²) in [5.74, 6) is 1.50. The smallest absolute Gasteiger partial charge is 0.161 e. The first-order valence-corrected chi connectivity index (χ1v) is 6.18. The molecule has 2 heterocycles. The number of nitrogens with zero attached hydrogens (tertiary/aromatic N) is 2. The van der Waals surface area contributed by atoms with Gasteiger partial charge < -0.3 is 15.2 Å². The van der Waals surface area contributed by atoms with Crippen LogP contribution in [0.1, 0.15) is 23.0 Å². The third-order valence-corrected chi connectivity index (χ3v) is 3.04. The minimum absolute atomic E-state index is 0.316. The van der Waals surface area contributed by atoms with Crippen LogP contribution in [0.3, 0.4) is 0 Å². The van der Waals surface area contributed by atoms with Crippen molar-refractivity contribution in [2.45, 2.75) is 13.0 Å². The van der Waals surface area contributed by atoms with Gasteiger partial charge in [-0.05, 0) is 24.6 Å². The number of ether oxygens (including phenoxy) is 2. The molecule has 1 aliphatic heterocycles. The van der Waals surface area contributed by atoms with Gasteiger partial charge in [0.25, 0.3) is 0 Å². The first kappa shape index (κ1) is 11.9. The maximum Gasteiger partial charge on any atom is 0.161 e. The van der Waals surface area contributed by atoms with Gasteiger partial charge >= 0.3 is 0 Å². The lowest BCUT2D eigenvalue weighted by molar-refractivity contribution is 0.171. The highest BCUT2D eigenvalue weighted by Gasteiger charge is 2.16. The Kier molecular flexibility index (Phi) is 3.05. The van der Waals surface area contributed by atoms with Gasteiger partial charge in [-0.1, -0.05) is 6.07 Å². The van der Waals surface area contributed by atoms with Gasteiger partial charge in [0.2, 0.25) is 0 Å². The molecule has 0 spiro atoms. The molecule has 5 nitrogen and oxygen atoms in total. The minimum atomic E-state index is -0.316. The number of aromatic nitrogens is 2. The normalized spacial score (nSPS) is 15.1. The van der Waals surface area contributed by atoms with E-state index in [1.165, 1.54) is 0 Å². The van der Waals surface area contributed by atoms with Gasteiger partial charge in [0.05, 0.1) is 23.6 Å². The summed E-state index contributed by atoms with van der Waals surface area (Å²) in [5.41, 5.74) is 8.74. The average molecular weight is 257 g/mol. The summed E-state index contributed by atoms with van der Waals surface area (Å²) in [7, 11) is 0. The Morgan fingerprint density at radius 2 is 1.89 bits per heavy atom. The Hall–Kier alpha value is -2.14. The van der Waals surface area contributed by atoms with Gasteiger partial charge in [-0.3, -0.25) is 9.97 Å². The fourth-order valence-corrected chi connectivity index (χ4v) is 1.99. The Balaban J connectivity index is 1.91. The van der Waals surface area contributed by atoms with Crippen LogP contribution in [0.25, 0.3) is 0 Å². The van der Waals surface area contributed by atoms with Crippen molar-refractivity contribution in [3.63, 3.8) is 0 Å². The van der Waals surface area contributed by atoms with Crippen LogP contribution in [0.2, 0.25) is 0 Å². The number of aryl methyl sites for hydroxylation is 1. The highest BCUT2D eigenvalue weighted by atomic mass is 16.6. The molecule has 1 unspecified atom stereocenters. The molecule has 0 radical (unpaired) electrons. The summed E-state index contributed by atoms with van der Waals surface area (Å²) in [5, 5.41) is 0. The van der Waals surface area contributed by atoms with Crippen LogP contribution in [0, 0.1) is 6.92 Å². The van der Waals surface area contributed by atoms with Crippen LogP contribution in [0.4, 0.5) is 0 Å². The molecule has 98 valence electrons. The second-order valence-electron chi connectivity index (χ2n) is 4.46. The first-order chi connectivity index (χ1) is 9.24. The van der Waals surface area contributed by atoms with Gasteiger partial charge in [0.1, 0.15) is 13.2 Å². The molecule has 1 aromatic carbocycles. The Labute approximate surface area is 111 Å². The van der Waals surface area contributed by atoms with Crippen LogP contribution in [-0.4, -0.2) is 23.2 Å². The number of hydrogen-bond donors (Lipinski definition) is 1. The molecule has 5 heteroatoms. The van der Waals surface area contributed by atoms with Gasteiger partial charge in [-0.25, -0.2) is 0 Å². The van der Waals surface area contributed by atoms with E-state index in [-0.39, 0.29) is 6.04 Å². The van der Waals surface area contributed by atoms with Gasteiger partial charge in [0, 0.05) is 6.20 Å². The monoisotopic (exact) mass is 257 g/mol. The van der Waals surface area contributed by atoms with E-state index in [4.69, 9.17) is 15.2 Å². The van der Waals surface area contributed by atoms with Crippen LogP contribution in [0.5, 0.6) is 11.5 Å². The second-order valence-corrected chi connectivity index (χ2v) is 4.46. The van der Waals surface area contributed by atoms with E-state index in [2.05, 4.69) is 9.97 Å². The van der Waals surface area contributed by atoms with E-state index >= 15 is 0 Å². The molecule has 1 atom stereocenters. The van der Waals surface area contributed by atoms with Crippen molar-refractivity contribution < 1.29 is 9.47 Å². The fraction of sp³-hybridized carbons (Fsp3) is 0.286. The molecule has 0 aliphatic carbocycles. The Morgan fingerprint density at radius 3 is 2.63 bits per heavy atom. The third kappa shape index (κ3) is 2.37. The van der Waals surface area contributed by atoms with Crippen molar-refractivity contribution in [3.8, 4) is 11.5 Å². The summed E-state index contributed by atoms with van der Waals surface area (Å²) in [6.07, 6.45) is 3.42. The molecule has 19 heavy (non-hydrogen) atoms. The summed E-state index contributed by atoms with van der Waals surface area (Å²) in [6, 6.07) is 5.40. The topological polar surface area (TPSA) is 70.3 Å². The maximum atomic E-state index is 6.20. The van der Waals surface area contributed by atoms with Crippen molar-refractivity contribution in [3.05, 3.63) is 47.5 Å². The van der Waals surface area contributed by atoms with Gasteiger partial charge in [0.15, 0.2) is 11.5 Å². The van der Waals surface area contributed by atoms with Crippen molar-refractivity contribution in [1.29, 1.82) is 0 Å². The number of fused-ring (bicyclic) bond motifs is 1. The SMILES string of the molecule is Cc1cnc(C(N)c2ccc3c(c2)OCCO3)cn1. The van der Waals surface area contributed by atoms with Crippen LogP contribution in [0.15, 0.2) is 30.6 Å². The maximum absolute atomic E-state index is 6.20. The van der Waals surface area contributed by atoms with E-state index in [0.29, 0.717) is 13.2 Å². The predicted octanol–water partition coefficient (Wildman–Crippen LogP) is 1.60. The lowest BCUT2D eigenvalue weighted by Crippen LogP contribution is -2.17. The van der Waals surface area contributed by atoms with Crippen molar-refractivity contribution in [1.82, 2.24) is 9.97 Å². The van der Waals surface area contributed by atoms with Gasteiger partial charge in [-0.2, -0.15) is 0 Å². The molecule has 2 N–H and O–H groups in total. The number of hydrogen-bond acceptors (Lipinski definition) is 5. The van der Waals surface area contributed by atoms with Gasteiger partial charge in [-0.15, -0.1) is 0 Å². The molecular weight excluding hydrogens is 242 g/mol. The lowest BCUT2D eigenvalue weighted by Gasteiger charge is -2.20. The largest absolute Gasteiger partial charge is 0.486 e. The molecule has 0 saturated heterocycles. The van der Waals surface area contributed by atoms with Crippen molar-refractivity contribution >= 4 is 0 Å². The number of nitrogens with two attached hydrogens (primary N) is 1. The summed E-state index contributed by atoms with van der Waals surface area (Å²) in [4.78, 5) is 8.52. The van der Waals surface area contributed by atoms with Crippen molar-refractivity contribution in [2.24, 2.45) is 5.73 Å². The van der Waals surface area contributed by atoms with E-state index in [1.807, 2.05) is 25.1 Å². The lowest BCUT2D eigenvalue weighted by atomic mass is 10.0. The van der Waals surface area contributed by atoms with Crippen LogP contribution in [-0.2, 0) is 0 Å². The highest BCUT2D eigenvalue weighted by molar-refractivity contribution is 5.45. The van der Waals surface area contributed by atoms with Crippen molar-refractivity contribution in [2.75, 3.05) is 13.2 Å². The fourth-order valence-electron chi connectivity index (χ4n) is 1.99. The third-order valence-electron chi connectivity index (χ3n) is 3.04. The first-order valence-electron chi connectivity index (χ1n) is 6.18. The molecule has 0 saturated carbocycles.